The Morgan fingerprint density at radius 1 is 1.12 bits per heavy atom. The van der Waals surface area contributed by atoms with Gasteiger partial charge in [-0.3, -0.25) is 0 Å². The van der Waals surface area contributed by atoms with E-state index in [-0.39, 0.29) is 6.61 Å². The molecule has 24 heavy (non-hydrogen) atoms. The zero-order valence-corrected chi connectivity index (χ0v) is 15.2. The van der Waals surface area contributed by atoms with Gasteiger partial charge in [0.15, 0.2) is 10.7 Å². The van der Waals surface area contributed by atoms with E-state index >= 15 is 0 Å². The molecule has 0 saturated heterocycles. The molecule has 0 saturated carbocycles. The minimum atomic E-state index is -0.990. The molecule has 0 aliphatic heterocycles. The summed E-state index contributed by atoms with van der Waals surface area (Å²) >= 11 is 16.9. The molecule has 4 nitrogen and oxygen atoms in total. The van der Waals surface area contributed by atoms with E-state index in [2.05, 4.69) is 16.7 Å². The van der Waals surface area contributed by atoms with Gasteiger partial charge in [-0.15, -0.1) is 0 Å². The van der Waals surface area contributed by atoms with Gasteiger partial charge >= 0.3 is 0 Å². The van der Waals surface area contributed by atoms with Crippen LogP contribution in [0.4, 0.5) is 5.69 Å². The predicted molar refractivity (Wildman–Crippen MR) is 102 cm³/mol. The predicted octanol–water partition coefficient (Wildman–Crippen LogP) is 4.64. The summed E-state index contributed by atoms with van der Waals surface area (Å²) in [5.74, 6) is 0.624. The van der Waals surface area contributed by atoms with Crippen molar-refractivity contribution in [1.82, 2.24) is 5.32 Å². The fourth-order valence-electron chi connectivity index (χ4n) is 1.80. The molecular formula is C17H15Cl2N3OS. The molecule has 1 unspecified atom stereocenters. The van der Waals surface area contributed by atoms with Gasteiger partial charge in [0.05, 0.1) is 6.07 Å². The molecule has 0 heterocycles. The molecule has 2 rings (SSSR count). The molecule has 2 N–H and O–H groups in total. The van der Waals surface area contributed by atoms with Crippen LogP contribution in [0.1, 0.15) is 6.92 Å². The van der Waals surface area contributed by atoms with E-state index in [1.165, 1.54) is 0 Å². The quantitative estimate of drug-likeness (QED) is 0.740. The minimum absolute atomic E-state index is 0.119. The third-order valence-corrected chi connectivity index (χ3v) is 3.79. The van der Waals surface area contributed by atoms with Gasteiger partial charge in [0.1, 0.15) is 12.4 Å². The Balaban J connectivity index is 1.93. The maximum Gasteiger partial charge on any atom is 0.172 e. The number of hydrogen-bond acceptors (Lipinski definition) is 3. The Kier molecular flexibility index (Phi) is 6.27. The Bertz CT molecular complexity index is 744. The first-order chi connectivity index (χ1) is 11.4. The van der Waals surface area contributed by atoms with Crippen LogP contribution in [-0.4, -0.2) is 17.3 Å². The van der Waals surface area contributed by atoms with Crippen molar-refractivity contribution in [3.8, 4) is 11.8 Å². The molecule has 0 radical (unpaired) electrons. The maximum absolute atomic E-state index is 9.44. The average molecular weight is 380 g/mol. The molecule has 2 aromatic carbocycles. The standard InChI is InChI=1S/C17H15Cl2N3OS/c1-17(10-20,11-23-15-8-4-13(19)5-9-15)22-16(24)21-14-6-2-12(18)3-7-14/h2-9H,11H2,1H3,(H2,21,22,24). The molecule has 124 valence electrons. The van der Waals surface area contributed by atoms with Crippen LogP contribution < -0.4 is 15.4 Å². The zero-order chi connectivity index (χ0) is 17.6. The first-order valence-electron chi connectivity index (χ1n) is 7.04. The summed E-state index contributed by atoms with van der Waals surface area (Å²) in [6.07, 6.45) is 0. The average Bonchev–Trinajstić information content (AvgIpc) is 2.56. The first-order valence-corrected chi connectivity index (χ1v) is 8.21. The van der Waals surface area contributed by atoms with Crippen molar-refractivity contribution in [3.63, 3.8) is 0 Å². The van der Waals surface area contributed by atoms with Crippen LogP contribution in [-0.2, 0) is 0 Å². The molecule has 0 bridgehead atoms. The molecule has 1 atom stereocenters. The van der Waals surface area contributed by atoms with Crippen LogP contribution in [0.2, 0.25) is 10.0 Å². The van der Waals surface area contributed by atoms with Crippen LogP contribution >= 0.6 is 35.4 Å². The lowest BCUT2D eigenvalue weighted by atomic mass is 10.1. The number of benzene rings is 2. The van der Waals surface area contributed by atoms with Gasteiger partial charge in [-0.1, -0.05) is 23.2 Å². The van der Waals surface area contributed by atoms with Crippen LogP contribution in [0.5, 0.6) is 5.75 Å². The topological polar surface area (TPSA) is 57.1 Å². The second-order valence-electron chi connectivity index (χ2n) is 5.27. The molecule has 2 aromatic rings. The highest BCUT2D eigenvalue weighted by atomic mass is 35.5. The molecule has 0 amide bonds. The molecule has 7 heteroatoms. The molecular weight excluding hydrogens is 365 g/mol. The number of thiocarbonyl (C=S) groups is 1. The number of anilines is 1. The highest BCUT2D eigenvalue weighted by Gasteiger charge is 2.26. The van der Waals surface area contributed by atoms with Crippen molar-refractivity contribution >= 4 is 46.2 Å². The molecule has 0 aromatic heterocycles. The number of nitrogens with one attached hydrogen (secondary N) is 2. The normalized spacial score (nSPS) is 12.6. The summed E-state index contributed by atoms with van der Waals surface area (Å²) in [6.45, 7) is 1.83. The maximum atomic E-state index is 9.44. The lowest BCUT2D eigenvalue weighted by molar-refractivity contribution is 0.252. The lowest BCUT2D eigenvalue weighted by Crippen LogP contribution is -2.50. The van der Waals surface area contributed by atoms with Gasteiger partial charge in [-0.25, -0.2) is 0 Å². The van der Waals surface area contributed by atoms with Gasteiger partial charge in [0.25, 0.3) is 0 Å². The van der Waals surface area contributed by atoms with E-state index in [9.17, 15) is 5.26 Å². The highest BCUT2D eigenvalue weighted by molar-refractivity contribution is 7.80. The van der Waals surface area contributed by atoms with Crippen molar-refractivity contribution < 1.29 is 4.74 Å². The number of ether oxygens (including phenoxy) is 1. The minimum Gasteiger partial charge on any atom is -0.490 e. The fourth-order valence-corrected chi connectivity index (χ4v) is 2.40. The summed E-state index contributed by atoms with van der Waals surface area (Å²) in [7, 11) is 0. The molecule has 0 aliphatic rings. The van der Waals surface area contributed by atoms with E-state index in [4.69, 9.17) is 40.2 Å². The Labute approximate surface area is 156 Å². The van der Waals surface area contributed by atoms with Crippen molar-refractivity contribution in [2.75, 3.05) is 11.9 Å². The number of hydrogen-bond donors (Lipinski definition) is 2. The summed E-state index contributed by atoms with van der Waals surface area (Å²) in [5.41, 5.74) is -0.216. The fraction of sp³-hybridized carbons (Fsp3) is 0.176. The monoisotopic (exact) mass is 379 g/mol. The van der Waals surface area contributed by atoms with Crippen molar-refractivity contribution in [2.24, 2.45) is 0 Å². The van der Waals surface area contributed by atoms with E-state index < -0.39 is 5.54 Å². The van der Waals surface area contributed by atoms with Crippen LogP contribution in [0.15, 0.2) is 48.5 Å². The Morgan fingerprint density at radius 2 is 1.67 bits per heavy atom. The first kappa shape index (κ1) is 18.3. The number of nitrogens with zero attached hydrogens (tertiary/aromatic N) is 1. The van der Waals surface area contributed by atoms with Crippen LogP contribution in [0.3, 0.4) is 0 Å². The number of nitriles is 1. The third-order valence-electron chi connectivity index (χ3n) is 3.08. The van der Waals surface area contributed by atoms with Gasteiger partial charge in [-0.05, 0) is 67.7 Å². The highest BCUT2D eigenvalue weighted by Crippen LogP contribution is 2.17. The van der Waals surface area contributed by atoms with E-state index in [1.54, 1.807) is 55.5 Å². The third kappa shape index (κ3) is 5.57. The van der Waals surface area contributed by atoms with E-state index in [1.807, 2.05) is 0 Å². The number of halogens is 2. The molecule has 0 spiro atoms. The molecule has 0 fully saturated rings. The van der Waals surface area contributed by atoms with E-state index in [0.29, 0.717) is 20.9 Å². The summed E-state index contributed by atoms with van der Waals surface area (Å²) < 4.78 is 5.64. The summed E-state index contributed by atoms with van der Waals surface area (Å²) in [6, 6.07) is 16.2. The van der Waals surface area contributed by atoms with Crippen molar-refractivity contribution in [3.05, 3.63) is 58.6 Å². The van der Waals surface area contributed by atoms with E-state index in [0.717, 1.165) is 5.69 Å². The Hall–Kier alpha value is -2.00. The lowest BCUT2D eigenvalue weighted by Gasteiger charge is -2.25. The van der Waals surface area contributed by atoms with Gasteiger partial charge in [-0.2, -0.15) is 5.26 Å². The van der Waals surface area contributed by atoms with Crippen LogP contribution in [0.25, 0.3) is 0 Å². The second-order valence-corrected chi connectivity index (χ2v) is 6.55. The summed E-state index contributed by atoms with van der Waals surface area (Å²) in [5, 5.41) is 17.0. The second kappa shape index (κ2) is 8.20. The smallest absolute Gasteiger partial charge is 0.172 e. The van der Waals surface area contributed by atoms with Crippen molar-refractivity contribution in [1.29, 1.82) is 5.26 Å². The molecule has 0 aliphatic carbocycles. The van der Waals surface area contributed by atoms with Gasteiger partial charge < -0.3 is 15.4 Å². The van der Waals surface area contributed by atoms with Crippen molar-refractivity contribution in [2.45, 2.75) is 12.5 Å². The number of rotatable bonds is 5. The van der Waals surface area contributed by atoms with Crippen LogP contribution in [0, 0.1) is 11.3 Å². The zero-order valence-electron chi connectivity index (χ0n) is 12.8. The van der Waals surface area contributed by atoms with Gasteiger partial charge in [0.2, 0.25) is 0 Å². The summed E-state index contributed by atoms with van der Waals surface area (Å²) in [4.78, 5) is 0. The SMILES string of the molecule is CC(C#N)(COc1ccc(Cl)cc1)NC(=S)Nc1ccc(Cl)cc1. The largest absolute Gasteiger partial charge is 0.490 e. The van der Waals surface area contributed by atoms with Gasteiger partial charge in [0, 0.05) is 15.7 Å². The Morgan fingerprint density at radius 3 is 2.21 bits per heavy atom.